The average molecular weight is 981 g/mol. The molecule has 0 fully saturated rings. The molecule has 0 aliphatic heterocycles. The van der Waals surface area contributed by atoms with Crippen LogP contribution < -0.4 is 5.32 Å². The van der Waals surface area contributed by atoms with Crippen molar-refractivity contribution in [1.29, 1.82) is 0 Å². The van der Waals surface area contributed by atoms with Crippen LogP contribution in [0.1, 0.15) is 284 Å². The van der Waals surface area contributed by atoms with Gasteiger partial charge in [-0.2, -0.15) is 0 Å². The highest BCUT2D eigenvalue weighted by molar-refractivity contribution is 7.47. The number of quaternary nitrogens is 1. The van der Waals surface area contributed by atoms with Gasteiger partial charge in [0.15, 0.2) is 0 Å². The Morgan fingerprint density at radius 3 is 1.18 bits per heavy atom. The van der Waals surface area contributed by atoms with Crippen LogP contribution in [0, 0.1) is 0 Å². The van der Waals surface area contributed by atoms with Crippen molar-refractivity contribution >= 4 is 13.7 Å². The Labute approximate surface area is 423 Å². The van der Waals surface area contributed by atoms with E-state index in [2.05, 4.69) is 43.5 Å². The maximum atomic E-state index is 13.0. The van der Waals surface area contributed by atoms with E-state index in [0.29, 0.717) is 17.4 Å². The summed E-state index contributed by atoms with van der Waals surface area (Å²) >= 11 is 0. The maximum absolute atomic E-state index is 13.0. The number of amides is 1. The van der Waals surface area contributed by atoms with E-state index in [0.717, 1.165) is 38.5 Å². The molecule has 0 radical (unpaired) electrons. The zero-order valence-electron chi connectivity index (χ0n) is 45.9. The number of likely N-dealkylation sites (N-methyl/N-ethyl adjacent to an activating group) is 1. The molecule has 68 heavy (non-hydrogen) atoms. The van der Waals surface area contributed by atoms with Gasteiger partial charge in [0, 0.05) is 6.42 Å². The summed E-state index contributed by atoms with van der Waals surface area (Å²) in [4.78, 5) is 23.3. The van der Waals surface area contributed by atoms with Gasteiger partial charge in [-0.25, -0.2) is 4.57 Å². The van der Waals surface area contributed by atoms with Gasteiger partial charge in [0.2, 0.25) is 5.91 Å². The van der Waals surface area contributed by atoms with Crippen molar-refractivity contribution in [3.8, 4) is 0 Å². The second kappa shape index (κ2) is 50.7. The number of hydrogen-bond acceptors (Lipinski definition) is 5. The molecule has 3 atom stereocenters. The first-order chi connectivity index (χ1) is 33.0. The van der Waals surface area contributed by atoms with Crippen LogP contribution in [0.15, 0.2) is 36.5 Å². The second-order valence-electron chi connectivity index (χ2n) is 21.4. The van der Waals surface area contributed by atoms with Crippen LogP contribution in [0.5, 0.6) is 0 Å². The Morgan fingerprint density at radius 1 is 0.485 bits per heavy atom. The summed E-state index contributed by atoms with van der Waals surface area (Å²) < 4.78 is 23.7. The number of phosphoric ester groups is 1. The SMILES string of the molecule is CCCCCCCCCC/C=C\CCCCCCCCCCCCCC(=O)NC(COP(=O)(O)OCC[N+](C)(C)C)C(O)/C=C/CC/C=C/CCCCCCCCCCCCCCCCCCC. The highest BCUT2D eigenvalue weighted by Crippen LogP contribution is 2.43. The topological polar surface area (TPSA) is 105 Å². The molecular weight excluding hydrogens is 864 g/mol. The van der Waals surface area contributed by atoms with Gasteiger partial charge in [0.25, 0.3) is 0 Å². The summed E-state index contributed by atoms with van der Waals surface area (Å²) in [5.41, 5.74) is 0. The lowest BCUT2D eigenvalue weighted by Gasteiger charge is -2.25. The van der Waals surface area contributed by atoms with Gasteiger partial charge in [0.05, 0.1) is 39.9 Å². The van der Waals surface area contributed by atoms with Crippen molar-refractivity contribution in [2.24, 2.45) is 0 Å². The largest absolute Gasteiger partial charge is 0.472 e. The normalized spacial score (nSPS) is 14.2. The standard InChI is InChI=1S/C59H115N2O6P/c1-6-8-10-12-14-16-18-20-22-24-26-28-30-32-34-36-38-40-42-44-46-48-50-52-58(62)57(56-67-68(64,65)66-55-54-61(3,4)5)60-59(63)53-51-49-47-45-43-41-39-37-35-33-31-29-27-25-23-21-19-17-15-13-11-9-7-2/h25,27,42,44,50,52,57-58,62H,6-24,26,28-41,43,45-49,51,53-56H2,1-5H3,(H-,60,63,64,65)/p+1/b27-25-,44-42+,52-50+. The third-order valence-corrected chi connectivity index (χ3v) is 14.3. The molecule has 0 heterocycles. The summed E-state index contributed by atoms with van der Waals surface area (Å²) in [6, 6.07) is -0.863. The summed E-state index contributed by atoms with van der Waals surface area (Å²) in [6.07, 6.45) is 65.4. The van der Waals surface area contributed by atoms with Crippen molar-refractivity contribution in [2.45, 2.75) is 296 Å². The summed E-state index contributed by atoms with van der Waals surface area (Å²) in [5, 5.41) is 13.9. The van der Waals surface area contributed by atoms with Gasteiger partial charge >= 0.3 is 7.82 Å². The Balaban J connectivity index is 4.24. The number of unbranched alkanes of at least 4 members (excludes halogenated alkanes) is 37. The van der Waals surface area contributed by atoms with Gasteiger partial charge < -0.3 is 19.8 Å². The first-order valence-corrected chi connectivity index (χ1v) is 30.9. The Morgan fingerprint density at radius 2 is 0.809 bits per heavy atom. The molecule has 9 heteroatoms. The Hall–Kier alpha value is -1.28. The number of carbonyl (C=O) groups excluding carboxylic acids is 1. The van der Waals surface area contributed by atoms with E-state index in [-0.39, 0.29) is 19.1 Å². The molecule has 0 aliphatic carbocycles. The molecule has 0 saturated heterocycles. The van der Waals surface area contributed by atoms with Crippen LogP contribution in [0.25, 0.3) is 0 Å². The van der Waals surface area contributed by atoms with E-state index >= 15 is 0 Å². The summed E-state index contributed by atoms with van der Waals surface area (Å²) in [6.45, 7) is 4.83. The molecule has 0 aromatic rings. The highest BCUT2D eigenvalue weighted by Gasteiger charge is 2.27. The van der Waals surface area contributed by atoms with E-state index in [1.54, 1.807) is 6.08 Å². The number of phosphoric acid groups is 1. The molecule has 1 amide bonds. The van der Waals surface area contributed by atoms with Crippen molar-refractivity contribution in [3.05, 3.63) is 36.5 Å². The number of nitrogens with zero attached hydrogens (tertiary/aromatic N) is 1. The minimum atomic E-state index is -4.35. The fourth-order valence-electron chi connectivity index (χ4n) is 8.70. The van der Waals surface area contributed by atoms with Crippen LogP contribution in [-0.2, 0) is 18.4 Å². The van der Waals surface area contributed by atoms with Crippen molar-refractivity contribution in [2.75, 3.05) is 40.9 Å². The van der Waals surface area contributed by atoms with Crippen LogP contribution in [0.4, 0.5) is 0 Å². The Bertz CT molecular complexity index is 1200. The lowest BCUT2D eigenvalue weighted by atomic mass is 10.0. The predicted octanol–water partition coefficient (Wildman–Crippen LogP) is 17.8. The zero-order valence-corrected chi connectivity index (χ0v) is 46.8. The highest BCUT2D eigenvalue weighted by atomic mass is 31.2. The van der Waals surface area contributed by atoms with E-state index in [4.69, 9.17) is 9.05 Å². The molecule has 0 aromatic carbocycles. The summed E-state index contributed by atoms with van der Waals surface area (Å²) in [7, 11) is 1.56. The van der Waals surface area contributed by atoms with Crippen LogP contribution in [0.3, 0.4) is 0 Å². The van der Waals surface area contributed by atoms with E-state index in [9.17, 15) is 19.4 Å². The lowest BCUT2D eigenvalue weighted by molar-refractivity contribution is -0.870. The number of carbonyl (C=O) groups is 1. The van der Waals surface area contributed by atoms with Crippen LogP contribution in [-0.4, -0.2) is 73.4 Å². The van der Waals surface area contributed by atoms with Gasteiger partial charge in [-0.15, -0.1) is 0 Å². The average Bonchev–Trinajstić information content (AvgIpc) is 3.30. The first-order valence-electron chi connectivity index (χ1n) is 29.4. The lowest BCUT2D eigenvalue weighted by Crippen LogP contribution is -2.45. The summed E-state index contributed by atoms with van der Waals surface area (Å²) in [5.74, 6) is -0.184. The number of allylic oxidation sites excluding steroid dienone is 5. The number of aliphatic hydroxyl groups excluding tert-OH is 1. The fraction of sp³-hybridized carbons (Fsp3) is 0.881. The maximum Gasteiger partial charge on any atom is 0.472 e. The molecule has 0 saturated carbocycles. The van der Waals surface area contributed by atoms with Gasteiger partial charge in [-0.1, -0.05) is 256 Å². The van der Waals surface area contributed by atoms with Gasteiger partial charge in [-0.05, 0) is 57.8 Å². The number of nitrogens with one attached hydrogen (secondary N) is 1. The molecule has 0 spiro atoms. The first kappa shape index (κ1) is 66.7. The van der Waals surface area contributed by atoms with E-state index < -0.39 is 20.0 Å². The van der Waals surface area contributed by atoms with Crippen molar-refractivity contribution < 1.29 is 32.9 Å². The molecule has 0 rings (SSSR count). The molecule has 402 valence electrons. The molecular formula is C59H116N2O6P+. The number of rotatable bonds is 54. The quantitative estimate of drug-likeness (QED) is 0.0243. The monoisotopic (exact) mass is 980 g/mol. The molecule has 8 nitrogen and oxygen atoms in total. The minimum Gasteiger partial charge on any atom is -0.387 e. The third-order valence-electron chi connectivity index (χ3n) is 13.3. The second-order valence-corrected chi connectivity index (χ2v) is 22.8. The van der Waals surface area contributed by atoms with Gasteiger partial charge in [-0.3, -0.25) is 13.8 Å². The van der Waals surface area contributed by atoms with E-state index in [1.807, 2.05) is 27.2 Å². The number of hydrogen-bond donors (Lipinski definition) is 3. The van der Waals surface area contributed by atoms with Crippen molar-refractivity contribution in [1.82, 2.24) is 5.32 Å². The van der Waals surface area contributed by atoms with Gasteiger partial charge in [0.1, 0.15) is 13.2 Å². The molecule has 3 N–H and O–H groups in total. The Kier molecular flexibility index (Phi) is 49.7. The minimum absolute atomic E-state index is 0.0569. The van der Waals surface area contributed by atoms with E-state index in [1.165, 1.54) is 225 Å². The smallest absolute Gasteiger partial charge is 0.387 e. The van der Waals surface area contributed by atoms with Crippen molar-refractivity contribution in [3.63, 3.8) is 0 Å². The third kappa shape index (κ3) is 52.5. The zero-order chi connectivity index (χ0) is 49.9. The molecule has 0 bridgehead atoms. The van der Waals surface area contributed by atoms with Crippen LogP contribution >= 0.6 is 7.82 Å². The fourth-order valence-corrected chi connectivity index (χ4v) is 9.44. The predicted molar refractivity (Wildman–Crippen MR) is 295 cm³/mol. The van der Waals surface area contributed by atoms with Crippen LogP contribution in [0.2, 0.25) is 0 Å². The molecule has 3 unspecified atom stereocenters. The molecule has 0 aromatic heterocycles. The number of aliphatic hydroxyl groups is 1. The molecule has 0 aliphatic rings.